The molecule has 3 N–H and O–H groups in total. The molecule has 0 aromatic carbocycles. The van der Waals surface area contributed by atoms with E-state index in [1.807, 2.05) is 0 Å². The molecule has 1 aliphatic rings. The Morgan fingerprint density at radius 3 is 3.11 bits per heavy atom. The van der Waals surface area contributed by atoms with E-state index in [2.05, 4.69) is 15.2 Å². The number of rotatable bonds is 2. The average Bonchev–Trinajstić information content (AvgIpc) is 2.38. The number of nitrogens with one attached hydrogen (secondary N) is 1. The number of nitrogens with zero attached hydrogens (tertiary/aromatic N) is 2. The molecule has 6 heteroatoms. The number of carbonyl (C=O) groups is 1. The van der Waals surface area contributed by atoms with Crippen LogP contribution in [-0.4, -0.2) is 31.0 Å². The Bertz CT molecular complexity index is 452. The lowest BCUT2D eigenvalue weighted by molar-refractivity contribution is -0.124. The SMILES string of the molecule is CNC(=O)C1CCCN(c2ncc(Cl)cc2N)C1. The van der Waals surface area contributed by atoms with Gasteiger partial charge in [-0.1, -0.05) is 11.6 Å². The molecule has 1 aliphatic heterocycles. The zero-order chi connectivity index (χ0) is 13.1. The minimum atomic E-state index is 0.000582. The molecule has 2 heterocycles. The number of piperidine rings is 1. The monoisotopic (exact) mass is 268 g/mol. The fraction of sp³-hybridized carbons (Fsp3) is 0.500. The number of nitrogen functional groups attached to an aromatic ring is 1. The largest absolute Gasteiger partial charge is 0.396 e. The summed E-state index contributed by atoms with van der Waals surface area (Å²) in [5.41, 5.74) is 6.47. The molecule has 2 rings (SSSR count). The maximum absolute atomic E-state index is 11.7. The van der Waals surface area contributed by atoms with Gasteiger partial charge in [0.1, 0.15) is 0 Å². The molecule has 0 saturated carbocycles. The van der Waals surface area contributed by atoms with Crippen LogP contribution in [0, 0.1) is 5.92 Å². The summed E-state index contributed by atoms with van der Waals surface area (Å²) < 4.78 is 0. The van der Waals surface area contributed by atoms with Gasteiger partial charge < -0.3 is 16.0 Å². The van der Waals surface area contributed by atoms with E-state index in [4.69, 9.17) is 17.3 Å². The first-order valence-corrected chi connectivity index (χ1v) is 6.37. The van der Waals surface area contributed by atoms with Crippen LogP contribution in [0.25, 0.3) is 0 Å². The van der Waals surface area contributed by atoms with Crippen LogP contribution in [0.4, 0.5) is 11.5 Å². The molecule has 0 bridgehead atoms. The van der Waals surface area contributed by atoms with E-state index in [0.29, 0.717) is 23.1 Å². The van der Waals surface area contributed by atoms with E-state index in [0.717, 1.165) is 19.4 Å². The summed E-state index contributed by atoms with van der Waals surface area (Å²) in [7, 11) is 1.66. The fourth-order valence-electron chi connectivity index (χ4n) is 2.30. The Morgan fingerprint density at radius 1 is 1.67 bits per heavy atom. The van der Waals surface area contributed by atoms with E-state index in [1.165, 1.54) is 0 Å². The van der Waals surface area contributed by atoms with Gasteiger partial charge in [-0.15, -0.1) is 0 Å². The van der Waals surface area contributed by atoms with E-state index in [-0.39, 0.29) is 11.8 Å². The van der Waals surface area contributed by atoms with Crippen molar-refractivity contribution in [1.82, 2.24) is 10.3 Å². The molecule has 1 fully saturated rings. The highest BCUT2D eigenvalue weighted by molar-refractivity contribution is 6.30. The van der Waals surface area contributed by atoms with Crippen molar-refractivity contribution in [1.29, 1.82) is 0 Å². The fourth-order valence-corrected chi connectivity index (χ4v) is 2.47. The number of pyridine rings is 1. The zero-order valence-electron chi connectivity index (χ0n) is 10.3. The Morgan fingerprint density at radius 2 is 2.44 bits per heavy atom. The third-order valence-corrected chi connectivity index (χ3v) is 3.41. The summed E-state index contributed by atoms with van der Waals surface area (Å²) in [5, 5.41) is 3.22. The standard InChI is InChI=1S/C12H17ClN4O/c1-15-12(18)8-3-2-4-17(7-8)11-10(14)5-9(13)6-16-11/h5-6,8H,2-4,7,14H2,1H3,(H,15,18). The Labute approximate surface area is 111 Å². The molecule has 98 valence electrons. The lowest BCUT2D eigenvalue weighted by atomic mass is 9.97. The Kier molecular flexibility index (Phi) is 3.91. The first kappa shape index (κ1) is 13.0. The normalized spacial score (nSPS) is 19.7. The van der Waals surface area contributed by atoms with Crippen molar-refractivity contribution < 1.29 is 4.79 Å². The quantitative estimate of drug-likeness (QED) is 0.848. The van der Waals surface area contributed by atoms with Crippen molar-refractivity contribution in [2.75, 3.05) is 30.8 Å². The number of halogens is 1. The van der Waals surface area contributed by atoms with Gasteiger partial charge in [-0.3, -0.25) is 4.79 Å². The number of amides is 1. The summed E-state index contributed by atoms with van der Waals surface area (Å²) in [6, 6.07) is 1.69. The van der Waals surface area contributed by atoms with Crippen LogP contribution in [0.2, 0.25) is 5.02 Å². The van der Waals surface area contributed by atoms with Crippen molar-refractivity contribution in [3.8, 4) is 0 Å². The minimum absolute atomic E-state index is 0.000582. The van der Waals surface area contributed by atoms with Gasteiger partial charge in [0.25, 0.3) is 0 Å². The van der Waals surface area contributed by atoms with Gasteiger partial charge >= 0.3 is 0 Å². The first-order valence-electron chi connectivity index (χ1n) is 5.99. The maximum Gasteiger partial charge on any atom is 0.224 e. The number of nitrogens with two attached hydrogens (primary N) is 1. The van der Waals surface area contributed by atoms with Crippen LogP contribution in [0.1, 0.15) is 12.8 Å². The summed E-state index contributed by atoms with van der Waals surface area (Å²) >= 11 is 5.83. The average molecular weight is 269 g/mol. The Hall–Kier alpha value is -1.49. The second-order valence-electron chi connectivity index (χ2n) is 4.47. The number of hydrogen-bond donors (Lipinski definition) is 2. The summed E-state index contributed by atoms with van der Waals surface area (Å²) in [4.78, 5) is 18.0. The maximum atomic E-state index is 11.7. The predicted molar refractivity (Wildman–Crippen MR) is 72.7 cm³/mol. The molecule has 1 saturated heterocycles. The highest BCUT2D eigenvalue weighted by atomic mass is 35.5. The minimum Gasteiger partial charge on any atom is -0.396 e. The van der Waals surface area contributed by atoms with Crippen molar-refractivity contribution in [2.45, 2.75) is 12.8 Å². The van der Waals surface area contributed by atoms with Crippen molar-refractivity contribution in [2.24, 2.45) is 5.92 Å². The van der Waals surface area contributed by atoms with Crippen LogP contribution < -0.4 is 16.0 Å². The number of aromatic nitrogens is 1. The predicted octanol–water partition coefficient (Wildman–Crippen LogP) is 1.28. The smallest absolute Gasteiger partial charge is 0.224 e. The van der Waals surface area contributed by atoms with Crippen LogP contribution in [0.5, 0.6) is 0 Å². The summed E-state index contributed by atoms with van der Waals surface area (Å²) in [6.45, 7) is 1.52. The van der Waals surface area contributed by atoms with E-state index < -0.39 is 0 Å². The van der Waals surface area contributed by atoms with Crippen LogP contribution in [-0.2, 0) is 4.79 Å². The van der Waals surface area contributed by atoms with Crippen molar-refractivity contribution in [3.05, 3.63) is 17.3 Å². The van der Waals surface area contributed by atoms with Crippen LogP contribution >= 0.6 is 11.6 Å². The molecular formula is C12H17ClN4O. The topological polar surface area (TPSA) is 71.2 Å². The van der Waals surface area contributed by atoms with Gasteiger partial charge in [0.05, 0.1) is 16.6 Å². The van der Waals surface area contributed by atoms with Crippen molar-refractivity contribution >= 4 is 29.0 Å². The third-order valence-electron chi connectivity index (χ3n) is 3.20. The second kappa shape index (κ2) is 5.44. The molecular weight excluding hydrogens is 252 g/mol. The van der Waals surface area contributed by atoms with Gasteiger partial charge in [0, 0.05) is 26.3 Å². The van der Waals surface area contributed by atoms with E-state index in [1.54, 1.807) is 19.3 Å². The molecule has 1 aromatic heterocycles. The lowest BCUT2D eigenvalue weighted by Crippen LogP contribution is -2.42. The highest BCUT2D eigenvalue weighted by Crippen LogP contribution is 2.27. The number of hydrogen-bond acceptors (Lipinski definition) is 4. The molecule has 0 aliphatic carbocycles. The molecule has 1 unspecified atom stereocenters. The molecule has 0 spiro atoms. The van der Waals surface area contributed by atoms with Gasteiger partial charge in [-0.25, -0.2) is 4.98 Å². The summed E-state index contributed by atoms with van der Waals surface area (Å²) in [6.07, 6.45) is 3.45. The van der Waals surface area contributed by atoms with E-state index >= 15 is 0 Å². The third kappa shape index (κ3) is 2.67. The van der Waals surface area contributed by atoms with Crippen molar-refractivity contribution in [3.63, 3.8) is 0 Å². The molecule has 0 radical (unpaired) electrons. The van der Waals surface area contributed by atoms with Crippen LogP contribution in [0.3, 0.4) is 0 Å². The molecule has 1 atom stereocenters. The summed E-state index contributed by atoms with van der Waals surface area (Å²) in [5.74, 6) is 0.792. The van der Waals surface area contributed by atoms with Gasteiger partial charge in [-0.2, -0.15) is 0 Å². The highest BCUT2D eigenvalue weighted by Gasteiger charge is 2.26. The van der Waals surface area contributed by atoms with Gasteiger partial charge in [-0.05, 0) is 18.9 Å². The zero-order valence-corrected chi connectivity index (χ0v) is 11.1. The van der Waals surface area contributed by atoms with Gasteiger partial charge in [0.2, 0.25) is 5.91 Å². The Balaban J connectivity index is 2.15. The second-order valence-corrected chi connectivity index (χ2v) is 4.90. The molecule has 5 nitrogen and oxygen atoms in total. The van der Waals surface area contributed by atoms with Crippen LogP contribution in [0.15, 0.2) is 12.3 Å². The molecule has 1 amide bonds. The number of carbonyl (C=O) groups excluding carboxylic acids is 1. The van der Waals surface area contributed by atoms with E-state index in [9.17, 15) is 4.79 Å². The molecule has 18 heavy (non-hydrogen) atoms. The molecule has 1 aromatic rings. The lowest BCUT2D eigenvalue weighted by Gasteiger charge is -2.33. The number of anilines is 2. The van der Waals surface area contributed by atoms with Gasteiger partial charge in [0.15, 0.2) is 5.82 Å². The first-order chi connectivity index (χ1) is 8.61.